The van der Waals surface area contributed by atoms with E-state index in [-0.39, 0.29) is 12.4 Å². The normalized spacial score (nSPS) is 11.5. The first-order valence-corrected chi connectivity index (χ1v) is 7.04. The number of ketones is 1. The highest BCUT2D eigenvalue weighted by Gasteiger charge is 2.19. The molecule has 1 atom stereocenters. The molecule has 0 saturated heterocycles. The van der Waals surface area contributed by atoms with Gasteiger partial charge in [-0.3, -0.25) is 4.79 Å². The van der Waals surface area contributed by atoms with Crippen molar-refractivity contribution in [2.75, 3.05) is 6.61 Å². The number of hydrogen-bond donors (Lipinski definition) is 0. The molecule has 0 amide bonds. The van der Waals surface area contributed by atoms with Crippen LogP contribution in [0.25, 0.3) is 0 Å². The number of ether oxygens (including phenoxy) is 2. The Morgan fingerprint density at radius 2 is 1.64 bits per heavy atom. The molecule has 4 nitrogen and oxygen atoms in total. The number of esters is 1. The SMILES string of the molecule is Cc1ccc(C(=O)C(C)OC(=O)COc2ccccc2)cc1. The molecule has 0 fully saturated rings. The lowest BCUT2D eigenvalue weighted by Crippen LogP contribution is -2.27. The number of aryl methyl sites for hydroxylation is 1. The van der Waals surface area contributed by atoms with Crippen molar-refractivity contribution in [2.45, 2.75) is 20.0 Å². The average molecular weight is 298 g/mol. The molecule has 0 heterocycles. The Bertz CT molecular complexity index is 632. The van der Waals surface area contributed by atoms with E-state index in [1.165, 1.54) is 0 Å². The third-order valence-electron chi connectivity index (χ3n) is 3.11. The molecule has 2 rings (SSSR count). The molecule has 114 valence electrons. The van der Waals surface area contributed by atoms with Crippen LogP contribution in [0.4, 0.5) is 0 Å². The van der Waals surface area contributed by atoms with Crippen LogP contribution < -0.4 is 4.74 Å². The van der Waals surface area contributed by atoms with Gasteiger partial charge < -0.3 is 9.47 Å². The maximum atomic E-state index is 12.1. The molecule has 0 N–H and O–H groups in total. The molecule has 0 saturated carbocycles. The molecule has 0 aromatic heterocycles. The summed E-state index contributed by atoms with van der Waals surface area (Å²) < 4.78 is 10.4. The van der Waals surface area contributed by atoms with Gasteiger partial charge in [0.1, 0.15) is 5.75 Å². The molecule has 4 heteroatoms. The van der Waals surface area contributed by atoms with Crippen molar-refractivity contribution in [1.29, 1.82) is 0 Å². The van der Waals surface area contributed by atoms with Crippen molar-refractivity contribution in [1.82, 2.24) is 0 Å². The van der Waals surface area contributed by atoms with Gasteiger partial charge in [-0.1, -0.05) is 48.0 Å². The van der Waals surface area contributed by atoms with Crippen LogP contribution in [0.2, 0.25) is 0 Å². The van der Waals surface area contributed by atoms with E-state index in [0.717, 1.165) is 5.56 Å². The first-order chi connectivity index (χ1) is 10.6. The highest BCUT2D eigenvalue weighted by molar-refractivity contribution is 6.00. The molecule has 0 aliphatic carbocycles. The summed E-state index contributed by atoms with van der Waals surface area (Å²) in [6.07, 6.45) is -0.838. The van der Waals surface area contributed by atoms with Crippen molar-refractivity contribution in [3.63, 3.8) is 0 Å². The number of para-hydroxylation sites is 1. The number of carbonyl (C=O) groups excluding carboxylic acids is 2. The van der Waals surface area contributed by atoms with E-state index in [4.69, 9.17) is 9.47 Å². The fourth-order valence-corrected chi connectivity index (χ4v) is 1.90. The second-order valence-corrected chi connectivity index (χ2v) is 4.96. The fraction of sp³-hybridized carbons (Fsp3) is 0.222. The minimum atomic E-state index is -0.838. The highest BCUT2D eigenvalue weighted by Crippen LogP contribution is 2.10. The average Bonchev–Trinajstić information content (AvgIpc) is 2.54. The number of benzene rings is 2. The van der Waals surface area contributed by atoms with E-state index in [0.29, 0.717) is 11.3 Å². The third kappa shape index (κ3) is 4.45. The van der Waals surface area contributed by atoms with Crippen LogP contribution in [0.15, 0.2) is 54.6 Å². The molecule has 0 spiro atoms. The van der Waals surface area contributed by atoms with Gasteiger partial charge in [0.05, 0.1) is 0 Å². The molecule has 22 heavy (non-hydrogen) atoms. The fourth-order valence-electron chi connectivity index (χ4n) is 1.90. The Labute approximate surface area is 129 Å². The molecule has 0 bridgehead atoms. The lowest BCUT2D eigenvalue weighted by molar-refractivity contribution is -0.148. The van der Waals surface area contributed by atoms with Crippen molar-refractivity contribution in [2.24, 2.45) is 0 Å². The molecule has 2 aromatic carbocycles. The van der Waals surface area contributed by atoms with Crippen molar-refractivity contribution < 1.29 is 19.1 Å². The van der Waals surface area contributed by atoms with E-state index in [9.17, 15) is 9.59 Å². The minimum absolute atomic E-state index is 0.227. The number of carbonyl (C=O) groups is 2. The van der Waals surface area contributed by atoms with Gasteiger partial charge in [0.15, 0.2) is 12.7 Å². The van der Waals surface area contributed by atoms with Crippen LogP contribution in [0.3, 0.4) is 0 Å². The summed E-state index contributed by atoms with van der Waals surface area (Å²) in [5, 5.41) is 0. The molecule has 0 aliphatic heterocycles. The molecule has 0 radical (unpaired) electrons. The molecular weight excluding hydrogens is 280 g/mol. The Morgan fingerprint density at radius 1 is 1.00 bits per heavy atom. The monoisotopic (exact) mass is 298 g/mol. The molecule has 1 unspecified atom stereocenters. The second-order valence-electron chi connectivity index (χ2n) is 4.96. The van der Waals surface area contributed by atoms with E-state index >= 15 is 0 Å². The van der Waals surface area contributed by atoms with Crippen LogP contribution >= 0.6 is 0 Å². The van der Waals surface area contributed by atoms with Gasteiger partial charge in [-0.2, -0.15) is 0 Å². The predicted octanol–water partition coefficient (Wildman–Crippen LogP) is 3.19. The largest absolute Gasteiger partial charge is 0.482 e. The maximum Gasteiger partial charge on any atom is 0.344 e. The van der Waals surface area contributed by atoms with Gasteiger partial charge in [0.2, 0.25) is 5.78 Å². The van der Waals surface area contributed by atoms with E-state index in [1.807, 2.05) is 37.3 Å². The quantitative estimate of drug-likeness (QED) is 0.607. The Morgan fingerprint density at radius 3 is 2.27 bits per heavy atom. The van der Waals surface area contributed by atoms with Gasteiger partial charge >= 0.3 is 5.97 Å². The lowest BCUT2D eigenvalue weighted by atomic mass is 10.1. The van der Waals surface area contributed by atoms with Crippen LogP contribution in [0.1, 0.15) is 22.8 Å². The number of hydrogen-bond acceptors (Lipinski definition) is 4. The predicted molar refractivity (Wildman–Crippen MR) is 83.0 cm³/mol. The summed E-state index contributed by atoms with van der Waals surface area (Å²) in [4.78, 5) is 23.9. The second kappa shape index (κ2) is 7.41. The summed E-state index contributed by atoms with van der Waals surface area (Å²) in [5.41, 5.74) is 1.59. The number of rotatable bonds is 6. The highest BCUT2D eigenvalue weighted by atomic mass is 16.6. The van der Waals surface area contributed by atoms with Gasteiger partial charge in [-0.15, -0.1) is 0 Å². The first-order valence-electron chi connectivity index (χ1n) is 7.04. The summed E-state index contributed by atoms with van der Waals surface area (Å²) in [5.74, 6) is -0.221. The first kappa shape index (κ1) is 15.8. The van der Waals surface area contributed by atoms with E-state index in [1.54, 1.807) is 31.2 Å². The topological polar surface area (TPSA) is 52.6 Å². The van der Waals surface area contributed by atoms with Crippen molar-refractivity contribution >= 4 is 11.8 Å². The van der Waals surface area contributed by atoms with Gasteiger partial charge in [-0.25, -0.2) is 4.79 Å². The van der Waals surface area contributed by atoms with Gasteiger partial charge in [0, 0.05) is 5.56 Å². The van der Waals surface area contributed by atoms with E-state index in [2.05, 4.69) is 0 Å². The Balaban J connectivity index is 1.85. The lowest BCUT2D eigenvalue weighted by Gasteiger charge is -2.13. The maximum absolute atomic E-state index is 12.1. The Kier molecular flexibility index (Phi) is 5.31. The summed E-state index contributed by atoms with van der Waals surface area (Å²) >= 11 is 0. The van der Waals surface area contributed by atoms with Crippen molar-refractivity contribution in [3.8, 4) is 5.75 Å². The summed E-state index contributed by atoms with van der Waals surface area (Å²) in [6, 6.07) is 16.1. The summed E-state index contributed by atoms with van der Waals surface area (Å²) in [7, 11) is 0. The smallest absolute Gasteiger partial charge is 0.344 e. The summed E-state index contributed by atoms with van der Waals surface area (Å²) in [6.45, 7) is 3.27. The minimum Gasteiger partial charge on any atom is -0.482 e. The number of Topliss-reactive ketones (excluding diaryl/α,β-unsaturated/α-hetero) is 1. The molecular formula is C18H18O4. The molecule has 2 aromatic rings. The zero-order chi connectivity index (χ0) is 15.9. The van der Waals surface area contributed by atoms with Gasteiger partial charge in [-0.05, 0) is 26.0 Å². The zero-order valence-electron chi connectivity index (χ0n) is 12.6. The standard InChI is InChI=1S/C18H18O4/c1-13-8-10-15(11-9-13)18(20)14(2)22-17(19)12-21-16-6-4-3-5-7-16/h3-11,14H,12H2,1-2H3. The Hall–Kier alpha value is -2.62. The zero-order valence-corrected chi connectivity index (χ0v) is 12.6. The van der Waals surface area contributed by atoms with Crippen molar-refractivity contribution in [3.05, 3.63) is 65.7 Å². The van der Waals surface area contributed by atoms with Crippen LogP contribution in [-0.4, -0.2) is 24.5 Å². The van der Waals surface area contributed by atoms with Crippen LogP contribution in [-0.2, 0) is 9.53 Å². The van der Waals surface area contributed by atoms with Crippen LogP contribution in [0, 0.1) is 6.92 Å². The van der Waals surface area contributed by atoms with Gasteiger partial charge in [0.25, 0.3) is 0 Å². The third-order valence-corrected chi connectivity index (χ3v) is 3.11. The van der Waals surface area contributed by atoms with Crippen LogP contribution in [0.5, 0.6) is 5.75 Å². The van der Waals surface area contributed by atoms with E-state index < -0.39 is 12.1 Å². The molecule has 0 aliphatic rings.